The Labute approximate surface area is 89.5 Å². The Morgan fingerprint density at radius 1 is 1.00 bits per heavy atom. The van der Waals surface area contributed by atoms with Gasteiger partial charge < -0.3 is 10.2 Å². The van der Waals surface area contributed by atoms with Crippen LogP contribution in [0.5, 0.6) is 0 Å². The molecule has 0 fully saturated rings. The third-order valence-electron chi connectivity index (χ3n) is 2.17. The standard InChI is InChI=1S/C11H8F3NO/c12-11(13,14)9-3-1-7(2-4-9)8-5-10(15)16-6-8/h1-6H,15H2. The van der Waals surface area contributed by atoms with Crippen LogP contribution in [0.25, 0.3) is 11.1 Å². The number of halogens is 3. The molecule has 0 spiro atoms. The van der Waals surface area contributed by atoms with Crippen molar-refractivity contribution in [2.24, 2.45) is 0 Å². The molecular formula is C11H8F3NO. The monoisotopic (exact) mass is 227 g/mol. The van der Waals surface area contributed by atoms with E-state index >= 15 is 0 Å². The van der Waals surface area contributed by atoms with E-state index in [1.807, 2.05) is 0 Å². The van der Waals surface area contributed by atoms with Gasteiger partial charge in [0.15, 0.2) is 5.88 Å². The molecule has 5 heteroatoms. The number of anilines is 1. The lowest BCUT2D eigenvalue weighted by Gasteiger charge is -2.06. The van der Waals surface area contributed by atoms with Gasteiger partial charge in [-0.15, -0.1) is 0 Å². The quantitative estimate of drug-likeness (QED) is 0.809. The molecule has 16 heavy (non-hydrogen) atoms. The summed E-state index contributed by atoms with van der Waals surface area (Å²) in [5.74, 6) is 0.231. The average molecular weight is 227 g/mol. The summed E-state index contributed by atoms with van der Waals surface area (Å²) in [7, 11) is 0. The van der Waals surface area contributed by atoms with Crippen molar-refractivity contribution >= 4 is 5.88 Å². The molecule has 1 heterocycles. The predicted octanol–water partition coefficient (Wildman–Crippen LogP) is 3.55. The fourth-order valence-electron chi connectivity index (χ4n) is 1.36. The van der Waals surface area contributed by atoms with Crippen molar-refractivity contribution in [1.82, 2.24) is 0 Å². The van der Waals surface area contributed by atoms with Gasteiger partial charge in [0.05, 0.1) is 5.56 Å². The number of hydrogen-bond acceptors (Lipinski definition) is 2. The van der Waals surface area contributed by atoms with E-state index < -0.39 is 11.7 Å². The Morgan fingerprint density at radius 2 is 1.62 bits per heavy atom. The highest BCUT2D eigenvalue weighted by Gasteiger charge is 2.29. The molecule has 0 unspecified atom stereocenters. The number of nitrogen functional groups attached to an aromatic ring is 1. The van der Waals surface area contributed by atoms with Crippen LogP contribution in [0.3, 0.4) is 0 Å². The summed E-state index contributed by atoms with van der Waals surface area (Å²) >= 11 is 0. The second kappa shape index (κ2) is 3.59. The molecular weight excluding hydrogens is 219 g/mol. The van der Waals surface area contributed by atoms with Gasteiger partial charge in [-0.1, -0.05) is 12.1 Å². The summed E-state index contributed by atoms with van der Waals surface area (Å²) in [5.41, 5.74) is 5.99. The summed E-state index contributed by atoms with van der Waals surface area (Å²) in [6, 6.07) is 6.37. The minimum Gasteiger partial charge on any atom is -0.449 e. The number of alkyl halides is 3. The van der Waals surface area contributed by atoms with Crippen molar-refractivity contribution in [2.45, 2.75) is 6.18 Å². The molecule has 84 valence electrons. The zero-order chi connectivity index (χ0) is 11.8. The number of benzene rings is 1. The fraction of sp³-hybridized carbons (Fsp3) is 0.0909. The molecule has 0 bridgehead atoms. The van der Waals surface area contributed by atoms with Gasteiger partial charge in [0.25, 0.3) is 0 Å². The second-order valence-electron chi connectivity index (χ2n) is 3.31. The maximum atomic E-state index is 12.3. The van der Waals surface area contributed by atoms with Crippen molar-refractivity contribution in [3.05, 3.63) is 42.2 Å². The lowest BCUT2D eigenvalue weighted by atomic mass is 10.1. The van der Waals surface area contributed by atoms with Crippen molar-refractivity contribution in [1.29, 1.82) is 0 Å². The van der Waals surface area contributed by atoms with Crippen molar-refractivity contribution in [3.8, 4) is 11.1 Å². The molecule has 2 rings (SSSR count). The highest BCUT2D eigenvalue weighted by atomic mass is 19.4. The van der Waals surface area contributed by atoms with Crippen LogP contribution in [0.15, 0.2) is 41.0 Å². The minimum absolute atomic E-state index is 0.231. The molecule has 0 saturated heterocycles. The Hall–Kier alpha value is -1.91. The van der Waals surface area contributed by atoms with Gasteiger partial charge in [-0.05, 0) is 17.7 Å². The van der Waals surface area contributed by atoms with E-state index in [0.717, 1.165) is 12.1 Å². The summed E-state index contributed by atoms with van der Waals surface area (Å²) in [5, 5.41) is 0. The molecule has 1 aromatic carbocycles. The van der Waals surface area contributed by atoms with Crippen LogP contribution in [0.2, 0.25) is 0 Å². The van der Waals surface area contributed by atoms with Gasteiger partial charge in [-0.3, -0.25) is 0 Å². The first-order valence-electron chi connectivity index (χ1n) is 4.48. The van der Waals surface area contributed by atoms with Gasteiger partial charge in [-0.2, -0.15) is 13.2 Å². The van der Waals surface area contributed by atoms with Crippen LogP contribution in [-0.2, 0) is 6.18 Å². The molecule has 2 nitrogen and oxygen atoms in total. The first-order valence-corrected chi connectivity index (χ1v) is 4.48. The molecule has 0 radical (unpaired) electrons. The van der Waals surface area contributed by atoms with Crippen molar-refractivity contribution in [2.75, 3.05) is 5.73 Å². The normalized spacial score (nSPS) is 11.7. The van der Waals surface area contributed by atoms with Crippen LogP contribution in [-0.4, -0.2) is 0 Å². The summed E-state index contributed by atoms with van der Waals surface area (Å²) in [6.07, 6.45) is -2.91. The molecule has 0 aliphatic rings. The number of furan rings is 1. The fourth-order valence-corrected chi connectivity index (χ4v) is 1.36. The van der Waals surface area contributed by atoms with E-state index in [1.54, 1.807) is 6.07 Å². The van der Waals surface area contributed by atoms with Crippen molar-refractivity contribution < 1.29 is 17.6 Å². The van der Waals surface area contributed by atoms with Crippen LogP contribution in [0, 0.1) is 0 Å². The molecule has 0 atom stereocenters. The predicted molar refractivity (Wildman–Crippen MR) is 53.6 cm³/mol. The Balaban J connectivity index is 2.33. The topological polar surface area (TPSA) is 39.2 Å². The lowest BCUT2D eigenvalue weighted by Crippen LogP contribution is -2.03. The van der Waals surface area contributed by atoms with Gasteiger partial charge in [0.2, 0.25) is 0 Å². The first kappa shape index (κ1) is 10.6. The smallest absolute Gasteiger partial charge is 0.416 e. The Kier molecular flexibility index (Phi) is 2.38. The second-order valence-corrected chi connectivity index (χ2v) is 3.31. The van der Waals surface area contributed by atoms with Gasteiger partial charge in [0, 0.05) is 11.6 Å². The zero-order valence-electron chi connectivity index (χ0n) is 8.08. The van der Waals surface area contributed by atoms with E-state index in [0.29, 0.717) is 11.1 Å². The SMILES string of the molecule is Nc1cc(-c2ccc(C(F)(F)F)cc2)co1. The summed E-state index contributed by atoms with van der Waals surface area (Å²) in [4.78, 5) is 0. The summed E-state index contributed by atoms with van der Waals surface area (Å²) in [6.45, 7) is 0. The largest absolute Gasteiger partial charge is 0.449 e. The van der Waals surface area contributed by atoms with Crippen molar-refractivity contribution in [3.63, 3.8) is 0 Å². The maximum Gasteiger partial charge on any atom is 0.416 e. The number of nitrogens with two attached hydrogens (primary N) is 1. The van der Waals surface area contributed by atoms with Crippen LogP contribution in [0.1, 0.15) is 5.56 Å². The molecule has 2 aromatic rings. The average Bonchev–Trinajstić information content (AvgIpc) is 2.64. The highest BCUT2D eigenvalue weighted by Crippen LogP contribution is 2.31. The lowest BCUT2D eigenvalue weighted by molar-refractivity contribution is -0.137. The first-order chi connectivity index (χ1) is 7.47. The molecule has 0 amide bonds. The highest BCUT2D eigenvalue weighted by molar-refractivity contribution is 5.65. The van der Waals surface area contributed by atoms with Gasteiger partial charge in [-0.25, -0.2) is 0 Å². The molecule has 1 aromatic heterocycles. The third-order valence-corrected chi connectivity index (χ3v) is 2.17. The zero-order valence-corrected chi connectivity index (χ0v) is 8.08. The van der Waals surface area contributed by atoms with Crippen LogP contribution < -0.4 is 5.73 Å². The number of hydrogen-bond donors (Lipinski definition) is 1. The van der Waals surface area contributed by atoms with E-state index in [-0.39, 0.29) is 5.88 Å². The van der Waals surface area contributed by atoms with Crippen LogP contribution >= 0.6 is 0 Å². The summed E-state index contributed by atoms with van der Waals surface area (Å²) < 4.78 is 41.7. The molecule has 0 aliphatic heterocycles. The number of rotatable bonds is 1. The van der Waals surface area contributed by atoms with E-state index in [1.165, 1.54) is 18.4 Å². The van der Waals surface area contributed by atoms with E-state index in [2.05, 4.69) is 0 Å². The Bertz CT molecular complexity index is 485. The molecule has 0 saturated carbocycles. The molecule has 2 N–H and O–H groups in total. The van der Waals surface area contributed by atoms with Gasteiger partial charge >= 0.3 is 6.18 Å². The van der Waals surface area contributed by atoms with Crippen LogP contribution in [0.4, 0.5) is 19.1 Å². The Morgan fingerprint density at radius 3 is 2.06 bits per heavy atom. The minimum atomic E-state index is -4.31. The molecule has 0 aliphatic carbocycles. The third kappa shape index (κ3) is 2.03. The van der Waals surface area contributed by atoms with E-state index in [4.69, 9.17) is 10.2 Å². The van der Waals surface area contributed by atoms with E-state index in [9.17, 15) is 13.2 Å². The van der Waals surface area contributed by atoms with Gasteiger partial charge in [0.1, 0.15) is 6.26 Å². The maximum absolute atomic E-state index is 12.3.